The van der Waals surface area contributed by atoms with Crippen LogP contribution in [0.5, 0.6) is 0 Å². The van der Waals surface area contributed by atoms with E-state index in [1.54, 1.807) is 0 Å². The van der Waals surface area contributed by atoms with E-state index < -0.39 is 0 Å². The molecule has 29 heavy (non-hydrogen) atoms. The van der Waals surface area contributed by atoms with E-state index in [1.807, 2.05) is 0 Å². The van der Waals surface area contributed by atoms with Crippen molar-refractivity contribution in [3.63, 3.8) is 0 Å². The van der Waals surface area contributed by atoms with Gasteiger partial charge in [-0.05, 0) is 63.2 Å². The van der Waals surface area contributed by atoms with Crippen LogP contribution in [0.3, 0.4) is 0 Å². The molecule has 3 aliphatic rings. The summed E-state index contributed by atoms with van der Waals surface area (Å²) in [5.41, 5.74) is 1.36. The van der Waals surface area contributed by atoms with Crippen molar-refractivity contribution in [1.29, 1.82) is 0 Å². The topological polar surface area (TPSA) is 38.8 Å². The molecule has 5 heteroatoms. The third-order valence-corrected chi connectivity index (χ3v) is 7.12. The van der Waals surface area contributed by atoms with Gasteiger partial charge in [-0.2, -0.15) is 0 Å². The van der Waals surface area contributed by atoms with Crippen molar-refractivity contribution < 1.29 is 4.79 Å². The molecular weight excluding hydrogens is 360 g/mol. The molecule has 1 N–H and O–H groups in total. The highest BCUT2D eigenvalue weighted by molar-refractivity contribution is 5.76. The van der Waals surface area contributed by atoms with E-state index in [0.29, 0.717) is 11.8 Å². The van der Waals surface area contributed by atoms with Crippen LogP contribution >= 0.6 is 0 Å². The molecule has 0 bridgehead atoms. The number of hydrogen-bond acceptors (Lipinski definition) is 4. The fourth-order valence-corrected chi connectivity index (χ4v) is 5.32. The van der Waals surface area contributed by atoms with Gasteiger partial charge in [-0.3, -0.25) is 9.69 Å². The molecule has 160 valence electrons. The molecule has 0 saturated carbocycles. The fraction of sp³-hybridized carbons (Fsp3) is 0.708. The van der Waals surface area contributed by atoms with Gasteiger partial charge < -0.3 is 15.1 Å². The first-order valence-corrected chi connectivity index (χ1v) is 11.8. The van der Waals surface area contributed by atoms with Crippen molar-refractivity contribution in [3.8, 4) is 0 Å². The van der Waals surface area contributed by atoms with Gasteiger partial charge in [0.1, 0.15) is 0 Å². The summed E-state index contributed by atoms with van der Waals surface area (Å²) in [6.07, 6.45) is 7.01. The molecule has 0 aromatic heterocycles. The highest BCUT2D eigenvalue weighted by Gasteiger charge is 2.28. The van der Waals surface area contributed by atoms with Gasteiger partial charge in [0.05, 0.1) is 0 Å². The van der Waals surface area contributed by atoms with Crippen LogP contribution in [0, 0.1) is 5.92 Å². The lowest BCUT2D eigenvalue weighted by Gasteiger charge is -2.40. The molecule has 1 amide bonds. The Bertz CT molecular complexity index is 623. The monoisotopic (exact) mass is 398 g/mol. The normalized spacial score (nSPS) is 25.2. The van der Waals surface area contributed by atoms with Crippen molar-refractivity contribution in [2.45, 2.75) is 51.1 Å². The summed E-state index contributed by atoms with van der Waals surface area (Å²) in [6, 6.07) is 11.4. The number of nitrogens with one attached hydrogen (secondary N) is 1. The van der Waals surface area contributed by atoms with Gasteiger partial charge in [-0.25, -0.2) is 0 Å². The number of piperidine rings is 2. The largest absolute Gasteiger partial charge is 0.340 e. The predicted octanol–water partition coefficient (Wildman–Crippen LogP) is 2.58. The summed E-state index contributed by atoms with van der Waals surface area (Å²) in [5, 5.41) is 3.48. The minimum atomic E-state index is 0.378. The lowest BCUT2D eigenvalue weighted by atomic mass is 9.90. The fourth-order valence-electron chi connectivity index (χ4n) is 5.32. The highest BCUT2D eigenvalue weighted by atomic mass is 16.2. The van der Waals surface area contributed by atoms with Gasteiger partial charge in [-0.15, -0.1) is 0 Å². The third-order valence-electron chi connectivity index (χ3n) is 7.12. The number of carbonyl (C=O) groups is 1. The van der Waals surface area contributed by atoms with E-state index in [4.69, 9.17) is 0 Å². The molecule has 5 nitrogen and oxygen atoms in total. The number of piperazine rings is 1. The Kier molecular flexibility index (Phi) is 7.58. The Morgan fingerprint density at radius 3 is 2.48 bits per heavy atom. The standard InChI is InChI=1S/C24H38N4O/c29-24(27-17-15-26(16-18-27)19-21-5-2-1-3-6-21)9-8-22-7-4-14-28(20-22)23-10-12-25-13-11-23/h1-3,5-6,22-23,25H,4,7-20H2/t22-/m0/s1. The zero-order valence-electron chi connectivity index (χ0n) is 17.9. The van der Waals surface area contributed by atoms with Gasteiger partial charge in [0.15, 0.2) is 0 Å². The molecule has 1 aromatic rings. The Morgan fingerprint density at radius 2 is 1.72 bits per heavy atom. The van der Waals surface area contributed by atoms with E-state index >= 15 is 0 Å². The third kappa shape index (κ3) is 6.03. The summed E-state index contributed by atoms with van der Waals surface area (Å²) >= 11 is 0. The highest BCUT2D eigenvalue weighted by Crippen LogP contribution is 2.25. The molecule has 3 fully saturated rings. The van der Waals surface area contributed by atoms with Crippen molar-refractivity contribution in [2.75, 3.05) is 52.4 Å². The maximum atomic E-state index is 12.8. The van der Waals surface area contributed by atoms with E-state index in [2.05, 4.69) is 50.3 Å². The minimum absolute atomic E-state index is 0.378. The lowest BCUT2D eigenvalue weighted by Crippen LogP contribution is -2.49. The predicted molar refractivity (Wildman–Crippen MR) is 118 cm³/mol. The van der Waals surface area contributed by atoms with Crippen LogP contribution in [-0.4, -0.2) is 79.0 Å². The Hall–Kier alpha value is -1.43. The molecular formula is C24H38N4O. The van der Waals surface area contributed by atoms with Crippen LogP contribution in [0.2, 0.25) is 0 Å². The van der Waals surface area contributed by atoms with Gasteiger partial charge in [0.2, 0.25) is 5.91 Å². The number of amides is 1. The quantitative estimate of drug-likeness (QED) is 0.799. The maximum absolute atomic E-state index is 12.8. The summed E-state index contributed by atoms with van der Waals surface area (Å²) in [4.78, 5) is 20.1. The smallest absolute Gasteiger partial charge is 0.222 e. The number of nitrogens with zero attached hydrogens (tertiary/aromatic N) is 3. The first kappa shape index (κ1) is 20.8. The second kappa shape index (κ2) is 10.6. The number of rotatable bonds is 6. The second-order valence-electron chi connectivity index (χ2n) is 9.17. The summed E-state index contributed by atoms with van der Waals surface area (Å²) in [7, 11) is 0. The molecule has 0 spiro atoms. The van der Waals surface area contributed by atoms with Crippen LogP contribution in [0.25, 0.3) is 0 Å². The van der Waals surface area contributed by atoms with Crippen molar-refractivity contribution in [3.05, 3.63) is 35.9 Å². The first-order valence-electron chi connectivity index (χ1n) is 11.8. The maximum Gasteiger partial charge on any atom is 0.222 e. The summed E-state index contributed by atoms with van der Waals surface area (Å²) in [5.74, 6) is 1.09. The van der Waals surface area contributed by atoms with Crippen LogP contribution in [0.1, 0.15) is 44.1 Å². The van der Waals surface area contributed by atoms with Crippen molar-refractivity contribution in [1.82, 2.24) is 20.0 Å². The van der Waals surface area contributed by atoms with Crippen LogP contribution in [-0.2, 0) is 11.3 Å². The van der Waals surface area contributed by atoms with Gasteiger partial charge in [-0.1, -0.05) is 30.3 Å². The Labute approximate surface area is 176 Å². The summed E-state index contributed by atoms with van der Waals surface area (Å²) in [6.45, 7) is 9.57. The molecule has 0 unspecified atom stereocenters. The van der Waals surface area contributed by atoms with E-state index in [9.17, 15) is 4.79 Å². The van der Waals surface area contributed by atoms with Gasteiger partial charge >= 0.3 is 0 Å². The first-order chi connectivity index (χ1) is 14.3. The van der Waals surface area contributed by atoms with Crippen LogP contribution < -0.4 is 5.32 Å². The van der Waals surface area contributed by atoms with Crippen LogP contribution in [0.4, 0.5) is 0 Å². The zero-order valence-corrected chi connectivity index (χ0v) is 17.9. The number of carbonyl (C=O) groups excluding carboxylic acids is 1. The zero-order chi connectivity index (χ0) is 19.9. The minimum Gasteiger partial charge on any atom is -0.340 e. The molecule has 3 heterocycles. The van der Waals surface area contributed by atoms with E-state index in [0.717, 1.165) is 51.6 Å². The van der Waals surface area contributed by atoms with Gasteiger partial charge in [0, 0.05) is 51.7 Å². The number of likely N-dealkylation sites (tertiary alicyclic amines) is 1. The molecule has 0 radical (unpaired) electrons. The molecule has 1 aromatic carbocycles. The van der Waals surface area contributed by atoms with E-state index in [1.165, 1.54) is 57.4 Å². The molecule has 3 aliphatic heterocycles. The number of hydrogen-bond donors (Lipinski definition) is 1. The summed E-state index contributed by atoms with van der Waals surface area (Å²) < 4.78 is 0. The SMILES string of the molecule is O=C(CC[C@@H]1CCCN(C2CCNCC2)C1)N1CCN(Cc2ccccc2)CC1. The van der Waals surface area contributed by atoms with Gasteiger partial charge in [0.25, 0.3) is 0 Å². The van der Waals surface area contributed by atoms with Crippen molar-refractivity contribution in [2.24, 2.45) is 5.92 Å². The number of benzene rings is 1. The lowest BCUT2D eigenvalue weighted by molar-refractivity contribution is -0.133. The van der Waals surface area contributed by atoms with Crippen molar-refractivity contribution >= 4 is 5.91 Å². The van der Waals surface area contributed by atoms with Crippen LogP contribution in [0.15, 0.2) is 30.3 Å². The van der Waals surface area contributed by atoms with E-state index in [-0.39, 0.29) is 0 Å². The Balaban J connectivity index is 1.16. The molecule has 4 rings (SSSR count). The molecule has 0 aliphatic carbocycles. The Morgan fingerprint density at radius 1 is 0.966 bits per heavy atom. The average molecular weight is 399 g/mol. The molecule has 1 atom stereocenters. The molecule has 3 saturated heterocycles. The second-order valence-corrected chi connectivity index (χ2v) is 9.17. The average Bonchev–Trinajstić information content (AvgIpc) is 2.79.